The van der Waals surface area contributed by atoms with E-state index in [1.54, 1.807) is 24.1 Å². The molecular formula is C18H22N2O2. The van der Waals surface area contributed by atoms with Crippen molar-refractivity contribution in [3.8, 4) is 5.75 Å². The van der Waals surface area contributed by atoms with Gasteiger partial charge in [0.25, 0.3) is 0 Å². The van der Waals surface area contributed by atoms with E-state index in [4.69, 9.17) is 5.73 Å². The second-order valence-electron chi connectivity index (χ2n) is 5.60. The van der Waals surface area contributed by atoms with E-state index in [1.165, 1.54) is 0 Å². The van der Waals surface area contributed by atoms with Crippen LogP contribution in [0, 0.1) is 13.8 Å². The van der Waals surface area contributed by atoms with E-state index in [0.717, 1.165) is 22.4 Å². The monoisotopic (exact) mass is 298 g/mol. The Bertz CT molecular complexity index is 645. The Kier molecular flexibility index (Phi) is 4.83. The van der Waals surface area contributed by atoms with Gasteiger partial charge in [0.05, 0.1) is 6.04 Å². The van der Waals surface area contributed by atoms with E-state index >= 15 is 0 Å². The normalized spacial score (nSPS) is 12.0. The number of carbonyl (C=O) groups is 1. The fourth-order valence-electron chi connectivity index (χ4n) is 2.63. The van der Waals surface area contributed by atoms with Gasteiger partial charge in [0, 0.05) is 12.7 Å². The lowest BCUT2D eigenvalue weighted by Gasteiger charge is -2.22. The van der Waals surface area contributed by atoms with Crippen molar-refractivity contribution in [2.45, 2.75) is 26.3 Å². The van der Waals surface area contributed by atoms with Crippen LogP contribution in [0.4, 0.5) is 5.69 Å². The Morgan fingerprint density at radius 2 is 1.73 bits per heavy atom. The molecule has 0 radical (unpaired) electrons. The van der Waals surface area contributed by atoms with Gasteiger partial charge in [-0.15, -0.1) is 0 Å². The minimum atomic E-state index is -0.618. The standard InChI is InChI=1S/C18H22N2O2/c1-12-9-15(21)10-13(2)16(12)11-17(19)18(22)20(3)14-7-5-4-6-8-14/h4-10,17,21H,11,19H2,1-3H3/t17-/m0/s1. The van der Waals surface area contributed by atoms with Gasteiger partial charge in [0.15, 0.2) is 0 Å². The summed E-state index contributed by atoms with van der Waals surface area (Å²) in [5.74, 6) is 0.109. The Hall–Kier alpha value is -2.33. The number of benzene rings is 2. The first-order valence-electron chi connectivity index (χ1n) is 7.27. The second kappa shape index (κ2) is 6.62. The fourth-order valence-corrected chi connectivity index (χ4v) is 2.63. The number of hydrogen-bond donors (Lipinski definition) is 2. The largest absolute Gasteiger partial charge is 0.508 e. The maximum absolute atomic E-state index is 12.5. The number of para-hydroxylation sites is 1. The smallest absolute Gasteiger partial charge is 0.243 e. The first-order chi connectivity index (χ1) is 10.4. The summed E-state index contributed by atoms with van der Waals surface area (Å²) in [5, 5.41) is 9.59. The first kappa shape index (κ1) is 16.0. The molecule has 0 saturated heterocycles. The van der Waals surface area contributed by atoms with E-state index in [9.17, 15) is 9.90 Å². The summed E-state index contributed by atoms with van der Waals surface area (Å²) in [6, 6.07) is 12.2. The number of aromatic hydroxyl groups is 1. The number of carbonyl (C=O) groups excluding carboxylic acids is 1. The number of phenolic OH excluding ortho intramolecular Hbond substituents is 1. The molecule has 0 aromatic heterocycles. The van der Waals surface area contributed by atoms with E-state index in [0.29, 0.717) is 6.42 Å². The lowest BCUT2D eigenvalue weighted by atomic mass is 9.95. The number of nitrogens with zero attached hydrogens (tertiary/aromatic N) is 1. The number of hydrogen-bond acceptors (Lipinski definition) is 3. The van der Waals surface area contributed by atoms with Gasteiger partial charge in [-0.2, -0.15) is 0 Å². The molecule has 0 bridgehead atoms. The van der Waals surface area contributed by atoms with Gasteiger partial charge in [0.1, 0.15) is 5.75 Å². The molecule has 116 valence electrons. The Balaban J connectivity index is 2.15. The quantitative estimate of drug-likeness (QED) is 0.911. The SMILES string of the molecule is Cc1cc(O)cc(C)c1C[C@H](N)C(=O)N(C)c1ccccc1. The minimum absolute atomic E-state index is 0.127. The van der Waals surface area contributed by atoms with Crippen molar-refractivity contribution >= 4 is 11.6 Å². The molecule has 0 aliphatic heterocycles. The zero-order valence-corrected chi connectivity index (χ0v) is 13.2. The summed E-state index contributed by atoms with van der Waals surface area (Å²) >= 11 is 0. The zero-order chi connectivity index (χ0) is 16.3. The van der Waals surface area contributed by atoms with Gasteiger partial charge in [-0.1, -0.05) is 18.2 Å². The highest BCUT2D eigenvalue weighted by Crippen LogP contribution is 2.22. The number of anilines is 1. The van der Waals surface area contributed by atoms with E-state index in [1.807, 2.05) is 44.2 Å². The molecule has 0 aliphatic rings. The van der Waals surface area contributed by atoms with Crippen LogP contribution in [-0.4, -0.2) is 24.1 Å². The molecule has 4 nitrogen and oxygen atoms in total. The molecule has 1 atom stereocenters. The minimum Gasteiger partial charge on any atom is -0.508 e. The van der Waals surface area contributed by atoms with Crippen molar-refractivity contribution in [3.63, 3.8) is 0 Å². The van der Waals surface area contributed by atoms with Crippen LogP contribution in [0.25, 0.3) is 0 Å². The number of phenols is 1. The molecule has 0 unspecified atom stereocenters. The highest BCUT2D eigenvalue weighted by Gasteiger charge is 2.21. The van der Waals surface area contributed by atoms with E-state index in [2.05, 4.69) is 0 Å². The van der Waals surface area contributed by atoms with Gasteiger partial charge >= 0.3 is 0 Å². The number of aryl methyl sites for hydroxylation is 2. The van der Waals surface area contributed by atoms with Crippen molar-refractivity contribution in [1.29, 1.82) is 0 Å². The fraction of sp³-hybridized carbons (Fsp3) is 0.278. The Labute approximate surface area is 131 Å². The van der Waals surface area contributed by atoms with Crippen LogP contribution in [0.1, 0.15) is 16.7 Å². The summed E-state index contributed by atoms with van der Waals surface area (Å²) in [4.78, 5) is 14.1. The molecule has 0 aliphatic carbocycles. The van der Waals surface area contributed by atoms with Crippen LogP contribution < -0.4 is 10.6 Å². The maximum Gasteiger partial charge on any atom is 0.243 e. The molecule has 0 heterocycles. The van der Waals surface area contributed by atoms with Gasteiger partial charge in [0.2, 0.25) is 5.91 Å². The molecule has 22 heavy (non-hydrogen) atoms. The van der Waals surface area contributed by atoms with Crippen LogP contribution in [0.3, 0.4) is 0 Å². The summed E-state index contributed by atoms with van der Waals surface area (Å²) in [5.41, 5.74) is 9.84. The van der Waals surface area contributed by atoms with Crippen LogP contribution >= 0.6 is 0 Å². The summed E-state index contributed by atoms with van der Waals surface area (Å²) in [6.07, 6.45) is 0.452. The van der Waals surface area contributed by atoms with Crippen molar-refractivity contribution in [1.82, 2.24) is 0 Å². The average molecular weight is 298 g/mol. The third-order valence-electron chi connectivity index (χ3n) is 3.90. The van der Waals surface area contributed by atoms with Crippen molar-refractivity contribution in [2.24, 2.45) is 5.73 Å². The predicted molar refractivity (Wildman–Crippen MR) is 89.1 cm³/mol. The van der Waals surface area contributed by atoms with E-state index in [-0.39, 0.29) is 11.7 Å². The number of nitrogens with two attached hydrogens (primary N) is 1. The molecule has 4 heteroatoms. The van der Waals surface area contributed by atoms with Crippen molar-refractivity contribution < 1.29 is 9.90 Å². The highest BCUT2D eigenvalue weighted by molar-refractivity contribution is 5.96. The van der Waals surface area contributed by atoms with Gasteiger partial charge in [-0.25, -0.2) is 0 Å². The summed E-state index contributed by atoms with van der Waals surface area (Å²) in [6.45, 7) is 3.83. The molecule has 2 aromatic rings. The van der Waals surface area contributed by atoms with Crippen LogP contribution in [0.15, 0.2) is 42.5 Å². The Morgan fingerprint density at radius 1 is 1.18 bits per heavy atom. The molecule has 1 amide bonds. The molecule has 0 fully saturated rings. The molecule has 3 N–H and O–H groups in total. The number of rotatable bonds is 4. The highest BCUT2D eigenvalue weighted by atomic mass is 16.3. The lowest BCUT2D eigenvalue weighted by Crippen LogP contribution is -2.43. The van der Waals surface area contributed by atoms with Gasteiger partial charge in [-0.3, -0.25) is 4.79 Å². The molecule has 0 saturated carbocycles. The number of amides is 1. The van der Waals surface area contributed by atoms with E-state index < -0.39 is 6.04 Å². The lowest BCUT2D eigenvalue weighted by molar-refractivity contribution is -0.119. The maximum atomic E-state index is 12.5. The Morgan fingerprint density at radius 3 is 2.27 bits per heavy atom. The van der Waals surface area contributed by atoms with Crippen LogP contribution in [-0.2, 0) is 11.2 Å². The molecule has 0 spiro atoms. The zero-order valence-electron chi connectivity index (χ0n) is 13.2. The molecule has 2 aromatic carbocycles. The van der Waals surface area contributed by atoms with Gasteiger partial charge < -0.3 is 15.7 Å². The third kappa shape index (κ3) is 3.46. The number of likely N-dealkylation sites (N-methyl/N-ethyl adjacent to an activating group) is 1. The van der Waals surface area contributed by atoms with Crippen LogP contribution in [0.2, 0.25) is 0 Å². The molecular weight excluding hydrogens is 276 g/mol. The average Bonchev–Trinajstić information content (AvgIpc) is 2.50. The summed E-state index contributed by atoms with van der Waals surface area (Å²) < 4.78 is 0. The third-order valence-corrected chi connectivity index (χ3v) is 3.90. The van der Waals surface area contributed by atoms with Crippen molar-refractivity contribution in [3.05, 3.63) is 59.2 Å². The topological polar surface area (TPSA) is 66.6 Å². The molecule has 2 rings (SSSR count). The second-order valence-corrected chi connectivity index (χ2v) is 5.60. The van der Waals surface area contributed by atoms with Gasteiger partial charge in [-0.05, 0) is 61.2 Å². The van der Waals surface area contributed by atoms with Crippen molar-refractivity contribution in [2.75, 3.05) is 11.9 Å². The summed E-state index contributed by atoms with van der Waals surface area (Å²) in [7, 11) is 1.73. The predicted octanol–water partition coefficient (Wildman–Crippen LogP) is 2.54. The van der Waals surface area contributed by atoms with Crippen LogP contribution in [0.5, 0.6) is 5.75 Å². The first-order valence-corrected chi connectivity index (χ1v) is 7.27.